The summed E-state index contributed by atoms with van der Waals surface area (Å²) in [6, 6.07) is 8.59. The van der Waals surface area contributed by atoms with E-state index in [1.165, 1.54) is 19.3 Å². The van der Waals surface area contributed by atoms with Gasteiger partial charge < -0.3 is 14.5 Å². The highest BCUT2D eigenvalue weighted by molar-refractivity contribution is 7.89. The van der Waals surface area contributed by atoms with Gasteiger partial charge in [-0.25, -0.2) is 18.4 Å². The molecule has 0 atom stereocenters. The molecule has 1 aromatic heterocycles. The summed E-state index contributed by atoms with van der Waals surface area (Å²) in [4.78, 5) is 14.0. The second kappa shape index (κ2) is 8.77. The number of rotatable bonds is 5. The van der Waals surface area contributed by atoms with Gasteiger partial charge in [0.15, 0.2) is 0 Å². The average Bonchev–Trinajstić information content (AvgIpc) is 2.79. The Morgan fingerprint density at radius 1 is 0.833 bits per heavy atom. The molecule has 2 fully saturated rings. The Kier molecular flexibility index (Phi) is 6.10. The van der Waals surface area contributed by atoms with Crippen molar-refractivity contribution in [3.63, 3.8) is 0 Å². The number of hydrogen-bond donors (Lipinski definition) is 0. The van der Waals surface area contributed by atoms with Gasteiger partial charge >= 0.3 is 0 Å². The average molecular weight is 432 g/mol. The van der Waals surface area contributed by atoms with Gasteiger partial charge in [-0.15, -0.1) is 0 Å². The fourth-order valence-electron chi connectivity index (χ4n) is 4.04. The van der Waals surface area contributed by atoms with E-state index in [0.29, 0.717) is 36.8 Å². The third-order valence-corrected chi connectivity index (χ3v) is 7.66. The van der Waals surface area contributed by atoms with Gasteiger partial charge in [-0.3, -0.25) is 0 Å². The van der Waals surface area contributed by atoms with Crippen molar-refractivity contribution >= 4 is 21.7 Å². The lowest BCUT2D eigenvalue weighted by molar-refractivity contribution is 0.383. The van der Waals surface area contributed by atoms with Crippen molar-refractivity contribution in [1.82, 2.24) is 14.3 Å². The fourth-order valence-corrected chi connectivity index (χ4v) is 5.46. The van der Waals surface area contributed by atoms with Crippen LogP contribution in [-0.2, 0) is 10.0 Å². The van der Waals surface area contributed by atoms with Gasteiger partial charge in [0, 0.05) is 45.3 Å². The maximum absolute atomic E-state index is 13.0. The summed E-state index contributed by atoms with van der Waals surface area (Å²) in [5, 5.41) is 0. The molecule has 0 amide bonds. The van der Waals surface area contributed by atoms with Crippen LogP contribution in [-0.4, -0.2) is 69.1 Å². The number of benzene rings is 1. The Hall–Kier alpha value is -2.39. The standard InChI is InChI=1S/C21H29N5O3S/c1-17-22-20(24-10-4-3-5-11-24)16-21(23-17)25-12-14-26(15-13-25)30(27,28)19-8-6-18(29-2)7-9-19/h6-9,16H,3-5,10-15H2,1-2H3. The van der Waals surface area contributed by atoms with Crippen molar-refractivity contribution < 1.29 is 13.2 Å². The van der Waals surface area contributed by atoms with Crippen LogP contribution in [0, 0.1) is 6.92 Å². The summed E-state index contributed by atoms with van der Waals surface area (Å²) in [6.45, 7) is 6.04. The molecular weight excluding hydrogens is 402 g/mol. The second-order valence-corrected chi connectivity index (χ2v) is 9.68. The summed E-state index contributed by atoms with van der Waals surface area (Å²) < 4.78 is 32.6. The number of ether oxygens (including phenoxy) is 1. The molecule has 4 rings (SSSR count). The molecule has 162 valence electrons. The summed E-state index contributed by atoms with van der Waals surface area (Å²) >= 11 is 0. The molecule has 0 unspecified atom stereocenters. The van der Waals surface area contributed by atoms with Gasteiger partial charge in [-0.05, 0) is 50.5 Å². The number of methoxy groups -OCH3 is 1. The summed E-state index contributed by atoms with van der Waals surface area (Å²) in [5.41, 5.74) is 0. The Morgan fingerprint density at radius 2 is 1.40 bits per heavy atom. The van der Waals surface area contributed by atoms with Crippen LogP contribution in [0.5, 0.6) is 5.75 Å². The quantitative estimate of drug-likeness (QED) is 0.719. The minimum atomic E-state index is -3.52. The van der Waals surface area contributed by atoms with Gasteiger partial charge in [0.1, 0.15) is 23.2 Å². The van der Waals surface area contributed by atoms with Crippen LogP contribution in [0.4, 0.5) is 11.6 Å². The van der Waals surface area contributed by atoms with Crippen LogP contribution in [0.15, 0.2) is 35.2 Å². The molecule has 9 heteroatoms. The van der Waals surface area contributed by atoms with Crippen LogP contribution in [0.2, 0.25) is 0 Å². The highest BCUT2D eigenvalue weighted by Gasteiger charge is 2.29. The predicted octanol–water partition coefficient (Wildman–Crippen LogP) is 2.29. The van der Waals surface area contributed by atoms with E-state index < -0.39 is 10.0 Å². The first-order valence-corrected chi connectivity index (χ1v) is 11.9. The summed E-state index contributed by atoms with van der Waals surface area (Å²) in [5.74, 6) is 3.25. The van der Waals surface area contributed by atoms with Crippen molar-refractivity contribution in [2.24, 2.45) is 0 Å². The lowest BCUT2D eigenvalue weighted by Crippen LogP contribution is -2.49. The first-order chi connectivity index (χ1) is 14.5. The van der Waals surface area contributed by atoms with Crippen LogP contribution >= 0.6 is 0 Å². The largest absolute Gasteiger partial charge is 0.497 e. The van der Waals surface area contributed by atoms with E-state index in [1.54, 1.807) is 35.7 Å². The minimum Gasteiger partial charge on any atom is -0.497 e. The molecule has 2 aliphatic heterocycles. The first kappa shape index (κ1) is 20.9. The normalized spacial score (nSPS) is 18.5. The molecule has 30 heavy (non-hydrogen) atoms. The Bertz CT molecular complexity index is 967. The van der Waals surface area contributed by atoms with Gasteiger partial charge in [0.2, 0.25) is 10.0 Å². The van der Waals surface area contributed by atoms with Gasteiger partial charge in [-0.1, -0.05) is 0 Å². The Morgan fingerprint density at radius 3 is 1.97 bits per heavy atom. The summed E-state index contributed by atoms with van der Waals surface area (Å²) in [7, 11) is -1.95. The monoisotopic (exact) mass is 431 g/mol. The zero-order valence-electron chi connectivity index (χ0n) is 17.6. The molecule has 0 N–H and O–H groups in total. The van der Waals surface area contributed by atoms with Crippen molar-refractivity contribution in [2.75, 3.05) is 56.2 Å². The smallest absolute Gasteiger partial charge is 0.243 e. The zero-order chi connectivity index (χ0) is 21.1. The van der Waals surface area contributed by atoms with Crippen LogP contribution in [0.25, 0.3) is 0 Å². The van der Waals surface area contributed by atoms with Crippen LogP contribution in [0.1, 0.15) is 25.1 Å². The van der Waals surface area contributed by atoms with E-state index >= 15 is 0 Å². The molecular formula is C21H29N5O3S. The van der Waals surface area contributed by atoms with Gasteiger partial charge in [-0.2, -0.15) is 4.31 Å². The van der Waals surface area contributed by atoms with E-state index in [2.05, 4.69) is 19.8 Å². The number of anilines is 2. The molecule has 0 saturated carbocycles. The second-order valence-electron chi connectivity index (χ2n) is 7.75. The van der Waals surface area contributed by atoms with E-state index in [9.17, 15) is 8.42 Å². The number of piperidine rings is 1. The number of nitrogens with zero attached hydrogens (tertiary/aromatic N) is 5. The maximum atomic E-state index is 13.0. The third-order valence-electron chi connectivity index (χ3n) is 5.75. The number of piperazine rings is 1. The first-order valence-electron chi connectivity index (χ1n) is 10.5. The maximum Gasteiger partial charge on any atom is 0.243 e. The molecule has 0 aliphatic carbocycles. The van der Waals surface area contributed by atoms with Crippen molar-refractivity contribution in [1.29, 1.82) is 0 Å². The van der Waals surface area contributed by atoms with Crippen molar-refractivity contribution in [3.05, 3.63) is 36.2 Å². The molecule has 0 bridgehead atoms. The predicted molar refractivity (Wildman–Crippen MR) is 117 cm³/mol. The van der Waals surface area contributed by atoms with E-state index in [4.69, 9.17) is 4.74 Å². The highest BCUT2D eigenvalue weighted by atomic mass is 32.2. The molecule has 2 aliphatic rings. The zero-order valence-corrected chi connectivity index (χ0v) is 18.4. The third kappa shape index (κ3) is 4.37. The topological polar surface area (TPSA) is 78.9 Å². The molecule has 3 heterocycles. The fraction of sp³-hybridized carbons (Fsp3) is 0.524. The van der Waals surface area contributed by atoms with Crippen molar-refractivity contribution in [3.8, 4) is 5.75 Å². The number of aromatic nitrogens is 2. The molecule has 2 saturated heterocycles. The number of sulfonamides is 1. The van der Waals surface area contributed by atoms with E-state index in [1.807, 2.05) is 13.0 Å². The van der Waals surface area contributed by atoms with Crippen molar-refractivity contribution in [2.45, 2.75) is 31.1 Å². The van der Waals surface area contributed by atoms with Gasteiger partial charge in [0.05, 0.1) is 12.0 Å². The highest BCUT2D eigenvalue weighted by Crippen LogP contribution is 2.25. The van der Waals surface area contributed by atoms with Crippen LogP contribution < -0.4 is 14.5 Å². The molecule has 0 radical (unpaired) electrons. The van der Waals surface area contributed by atoms with E-state index in [0.717, 1.165) is 30.5 Å². The lowest BCUT2D eigenvalue weighted by Gasteiger charge is -2.35. The van der Waals surface area contributed by atoms with Crippen LogP contribution in [0.3, 0.4) is 0 Å². The van der Waals surface area contributed by atoms with Gasteiger partial charge in [0.25, 0.3) is 0 Å². The molecule has 0 spiro atoms. The number of aryl methyl sites for hydroxylation is 1. The lowest BCUT2D eigenvalue weighted by atomic mass is 10.1. The molecule has 8 nitrogen and oxygen atoms in total. The molecule has 1 aromatic carbocycles. The Balaban J connectivity index is 1.45. The Labute approximate surface area is 178 Å². The minimum absolute atomic E-state index is 0.294. The van der Waals surface area contributed by atoms with E-state index in [-0.39, 0.29) is 0 Å². The molecule has 2 aromatic rings. The number of hydrogen-bond acceptors (Lipinski definition) is 7. The summed E-state index contributed by atoms with van der Waals surface area (Å²) in [6.07, 6.45) is 3.67. The SMILES string of the molecule is COc1ccc(S(=O)(=O)N2CCN(c3cc(N4CCCCC4)nc(C)n3)CC2)cc1.